The highest BCUT2D eigenvalue weighted by Gasteiger charge is 2.07. The Balaban J connectivity index is 1.88. The first-order valence-corrected chi connectivity index (χ1v) is 8.40. The van der Waals surface area contributed by atoms with Crippen LogP contribution in [0.1, 0.15) is 19.4 Å². The number of carbonyl (C=O) groups excluding carboxylic acids is 1. The fourth-order valence-electron chi connectivity index (χ4n) is 2.03. The van der Waals surface area contributed by atoms with E-state index in [0.29, 0.717) is 22.3 Å². The molecule has 2 aromatic rings. The van der Waals surface area contributed by atoms with E-state index >= 15 is 0 Å². The number of nitrogens with zero attached hydrogens (tertiary/aromatic N) is 1. The number of halogens is 1. The summed E-state index contributed by atoms with van der Waals surface area (Å²) in [4.78, 5) is 11.8. The Morgan fingerprint density at radius 2 is 2.04 bits per heavy atom. The molecule has 1 N–H and O–H groups in total. The van der Waals surface area contributed by atoms with Crippen molar-refractivity contribution < 1.29 is 19.0 Å². The quantitative estimate of drug-likeness (QED) is 0.563. The van der Waals surface area contributed by atoms with Crippen LogP contribution in [0.4, 0.5) is 0 Å². The molecule has 26 heavy (non-hydrogen) atoms. The van der Waals surface area contributed by atoms with Crippen molar-refractivity contribution in [3.63, 3.8) is 0 Å². The summed E-state index contributed by atoms with van der Waals surface area (Å²) >= 11 is 5.85. The van der Waals surface area contributed by atoms with Crippen molar-refractivity contribution in [2.24, 2.45) is 5.10 Å². The smallest absolute Gasteiger partial charge is 0.277 e. The average Bonchev–Trinajstić information content (AvgIpc) is 2.61. The maximum absolute atomic E-state index is 11.8. The minimum absolute atomic E-state index is 0.0437. The molecule has 0 atom stereocenters. The SMILES string of the molecule is COc1cc(/C=N/NC(=O)COc2cccc(Cl)c2)ccc1OC(C)C. The highest BCUT2D eigenvalue weighted by atomic mass is 35.5. The number of benzene rings is 2. The van der Waals surface area contributed by atoms with E-state index in [9.17, 15) is 4.79 Å². The molecule has 0 spiro atoms. The van der Waals surface area contributed by atoms with Gasteiger partial charge in [-0.05, 0) is 55.8 Å². The third kappa shape index (κ3) is 6.29. The molecule has 0 saturated carbocycles. The number of nitrogens with one attached hydrogen (secondary N) is 1. The molecule has 1 amide bonds. The van der Waals surface area contributed by atoms with Gasteiger partial charge >= 0.3 is 0 Å². The van der Waals surface area contributed by atoms with Crippen molar-refractivity contribution in [2.45, 2.75) is 20.0 Å². The van der Waals surface area contributed by atoms with Gasteiger partial charge in [-0.15, -0.1) is 0 Å². The molecule has 138 valence electrons. The van der Waals surface area contributed by atoms with Gasteiger partial charge in [0.1, 0.15) is 5.75 Å². The maximum atomic E-state index is 11.8. The van der Waals surface area contributed by atoms with E-state index in [-0.39, 0.29) is 18.6 Å². The molecule has 0 aliphatic heterocycles. The Morgan fingerprint density at radius 3 is 2.73 bits per heavy atom. The summed E-state index contributed by atoms with van der Waals surface area (Å²) in [6.07, 6.45) is 1.56. The van der Waals surface area contributed by atoms with Crippen molar-refractivity contribution in [3.05, 3.63) is 53.1 Å². The normalized spacial score (nSPS) is 10.8. The average molecular weight is 377 g/mol. The number of hydrazone groups is 1. The van der Waals surface area contributed by atoms with E-state index in [1.807, 2.05) is 19.9 Å². The van der Waals surface area contributed by atoms with Gasteiger partial charge in [-0.1, -0.05) is 17.7 Å². The van der Waals surface area contributed by atoms with Gasteiger partial charge in [0.05, 0.1) is 19.4 Å². The van der Waals surface area contributed by atoms with Crippen molar-refractivity contribution in [2.75, 3.05) is 13.7 Å². The van der Waals surface area contributed by atoms with E-state index in [0.717, 1.165) is 5.56 Å². The molecule has 0 heterocycles. The van der Waals surface area contributed by atoms with E-state index < -0.39 is 0 Å². The maximum Gasteiger partial charge on any atom is 0.277 e. The van der Waals surface area contributed by atoms with Gasteiger partial charge in [0.15, 0.2) is 18.1 Å². The van der Waals surface area contributed by atoms with Crippen LogP contribution in [0.25, 0.3) is 0 Å². The summed E-state index contributed by atoms with van der Waals surface area (Å²) in [5.41, 5.74) is 3.16. The van der Waals surface area contributed by atoms with Crippen LogP contribution in [0.2, 0.25) is 5.02 Å². The molecule has 0 fully saturated rings. The monoisotopic (exact) mass is 376 g/mol. The molecule has 2 aromatic carbocycles. The molecule has 0 aromatic heterocycles. The Labute approximate surface area is 157 Å². The van der Waals surface area contributed by atoms with Crippen molar-refractivity contribution in [1.82, 2.24) is 5.43 Å². The summed E-state index contributed by atoms with van der Waals surface area (Å²) < 4.78 is 16.3. The van der Waals surface area contributed by atoms with Crippen molar-refractivity contribution in [3.8, 4) is 17.2 Å². The van der Waals surface area contributed by atoms with Gasteiger partial charge in [-0.3, -0.25) is 4.79 Å². The van der Waals surface area contributed by atoms with E-state index in [1.54, 1.807) is 43.5 Å². The van der Waals surface area contributed by atoms with Gasteiger partial charge < -0.3 is 14.2 Å². The Kier molecular flexibility index (Phi) is 7.29. The summed E-state index contributed by atoms with van der Waals surface area (Å²) in [6, 6.07) is 12.2. The Morgan fingerprint density at radius 1 is 1.23 bits per heavy atom. The van der Waals surface area contributed by atoms with E-state index in [4.69, 9.17) is 25.8 Å². The Hall–Kier alpha value is -2.73. The topological polar surface area (TPSA) is 69.2 Å². The first-order valence-electron chi connectivity index (χ1n) is 8.03. The van der Waals surface area contributed by atoms with Crippen LogP contribution >= 0.6 is 11.6 Å². The molecule has 0 aliphatic carbocycles. The van der Waals surface area contributed by atoms with Crippen LogP contribution in [0, 0.1) is 0 Å². The second kappa shape index (κ2) is 9.68. The lowest BCUT2D eigenvalue weighted by molar-refractivity contribution is -0.123. The van der Waals surface area contributed by atoms with Crippen molar-refractivity contribution in [1.29, 1.82) is 0 Å². The zero-order valence-electron chi connectivity index (χ0n) is 14.9. The minimum Gasteiger partial charge on any atom is -0.493 e. The number of carbonyl (C=O) groups is 1. The van der Waals surface area contributed by atoms with Crippen LogP contribution in [0.5, 0.6) is 17.2 Å². The number of hydrogen-bond donors (Lipinski definition) is 1. The lowest BCUT2D eigenvalue weighted by atomic mass is 10.2. The number of amides is 1. The fourth-order valence-corrected chi connectivity index (χ4v) is 2.21. The van der Waals surface area contributed by atoms with Crippen LogP contribution in [-0.4, -0.2) is 31.9 Å². The lowest BCUT2D eigenvalue weighted by Crippen LogP contribution is -2.24. The summed E-state index contributed by atoms with van der Waals surface area (Å²) in [5, 5.41) is 4.45. The van der Waals surface area contributed by atoms with Crippen LogP contribution in [-0.2, 0) is 4.79 Å². The number of ether oxygens (including phenoxy) is 3. The standard InChI is InChI=1S/C19H21ClN2O4/c1-13(2)26-17-8-7-14(9-18(17)24-3)11-21-22-19(23)12-25-16-6-4-5-15(20)10-16/h4-11,13H,12H2,1-3H3,(H,22,23)/b21-11+. The minimum atomic E-state index is -0.382. The predicted octanol–water partition coefficient (Wildman–Crippen LogP) is 3.66. The van der Waals surface area contributed by atoms with Crippen LogP contribution in [0.3, 0.4) is 0 Å². The number of hydrogen-bond acceptors (Lipinski definition) is 5. The summed E-state index contributed by atoms with van der Waals surface area (Å²) in [7, 11) is 1.57. The zero-order chi connectivity index (χ0) is 18.9. The molecule has 0 aliphatic rings. The van der Waals surface area contributed by atoms with E-state index in [2.05, 4.69) is 10.5 Å². The highest BCUT2D eigenvalue weighted by molar-refractivity contribution is 6.30. The second-order valence-electron chi connectivity index (χ2n) is 5.62. The molecule has 0 unspecified atom stereocenters. The van der Waals surface area contributed by atoms with Crippen LogP contribution < -0.4 is 19.6 Å². The van der Waals surface area contributed by atoms with Gasteiger partial charge in [0, 0.05) is 5.02 Å². The third-order valence-corrected chi connectivity index (χ3v) is 3.35. The van der Waals surface area contributed by atoms with Gasteiger partial charge in [0.2, 0.25) is 0 Å². The molecule has 2 rings (SSSR count). The number of rotatable bonds is 8. The Bertz CT molecular complexity index is 778. The summed E-state index contributed by atoms with van der Waals surface area (Å²) in [5.74, 6) is 1.38. The largest absolute Gasteiger partial charge is 0.493 e. The molecule has 0 bridgehead atoms. The molecule has 6 nitrogen and oxygen atoms in total. The zero-order valence-corrected chi connectivity index (χ0v) is 15.6. The highest BCUT2D eigenvalue weighted by Crippen LogP contribution is 2.28. The lowest BCUT2D eigenvalue weighted by Gasteiger charge is -2.13. The summed E-state index contributed by atoms with van der Waals surface area (Å²) in [6.45, 7) is 3.72. The number of methoxy groups -OCH3 is 1. The van der Waals surface area contributed by atoms with Crippen molar-refractivity contribution >= 4 is 23.7 Å². The van der Waals surface area contributed by atoms with Crippen LogP contribution in [0.15, 0.2) is 47.6 Å². The fraction of sp³-hybridized carbons (Fsp3) is 0.263. The molecular formula is C19H21ClN2O4. The first-order chi connectivity index (χ1) is 12.5. The molecule has 7 heteroatoms. The molecular weight excluding hydrogens is 356 g/mol. The molecule has 0 radical (unpaired) electrons. The molecule has 0 saturated heterocycles. The third-order valence-electron chi connectivity index (χ3n) is 3.12. The van der Waals surface area contributed by atoms with Gasteiger partial charge in [-0.25, -0.2) is 5.43 Å². The van der Waals surface area contributed by atoms with Gasteiger partial charge in [-0.2, -0.15) is 5.10 Å². The van der Waals surface area contributed by atoms with Gasteiger partial charge in [0.25, 0.3) is 5.91 Å². The van der Waals surface area contributed by atoms with E-state index in [1.165, 1.54) is 6.21 Å². The predicted molar refractivity (Wildman–Crippen MR) is 101 cm³/mol. The second-order valence-corrected chi connectivity index (χ2v) is 6.05. The first kappa shape index (κ1) is 19.6.